The van der Waals surface area contributed by atoms with Crippen molar-refractivity contribution in [3.8, 4) is 5.75 Å². The standard InChI is InChI=1S/C28H32N4O5S.ClH/c1-2-31(23-17-19-29-20-18-23)27(33)21-30-28(34)22-13-15-26(16-14-22)38(35,36)32(24-9-5-3-6-10-24)37-25-11-7-4-8-12-25;/h3-16,23,29H,2,17-21H2,1H3,(H,30,34);1H. The second-order valence-electron chi connectivity index (χ2n) is 8.84. The molecule has 1 fully saturated rings. The van der Waals surface area contributed by atoms with E-state index in [4.69, 9.17) is 4.84 Å². The van der Waals surface area contributed by atoms with Gasteiger partial charge in [0.15, 0.2) is 5.75 Å². The van der Waals surface area contributed by atoms with E-state index >= 15 is 0 Å². The van der Waals surface area contributed by atoms with E-state index in [1.54, 1.807) is 60.7 Å². The molecule has 0 unspecified atom stereocenters. The zero-order chi connectivity index (χ0) is 27.0. The number of nitrogens with one attached hydrogen (secondary N) is 2. The normalized spacial score (nSPS) is 13.6. The van der Waals surface area contributed by atoms with Crippen molar-refractivity contribution < 1.29 is 22.8 Å². The molecule has 208 valence electrons. The molecule has 0 aromatic heterocycles. The first kappa shape index (κ1) is 29.9. The predicted octanol–water partition coefficient (Wildman–Crippen LogP) is 3.63. The van der Waals surface area contributed by atoms with E-state index in [0.29, 0.717) is 18.0 Å². The molecule has 1 aliphatic heterocycles. The smallest absolute Gasteiger partial charge is 0.295 e. The number of para-hydroxylation sites is 2. The number of hydrogen-bond donors (Lipinski definition) is 2. The third-order valence-corrected chi connectivity index (χ3v) is 7.93. The highest BCUT2D eigenvalue weighted by Gasteiger charge is 2.28. The maximum atomic E-state index is 13.5. The molecule has 0 radical (unpaired) electrons. The minimum absolute atomic E-state index is 0. The van der Waals surface area contributed by atoms with Crippen molar-refractivity contribution in [3.05, 3.63) is 90.5 Å². The summed E-state index contributed by atoms with van der Waals surface area (Å²) in [6, 6.07) is 22.8. The predicted molar refractivity (Wildman–Crippen MR) is 152 cm³/mol. The van der Waals surface area contributed by atoms with E-state index in [1.807, 2.05) is 11.8 Å². The van der Waals surface area contributed by atoms with Gasteiger partial charge in [0, 0.05) is 18.2 Å². The van der Waals surface area contributed by atoms with E-state index < -0.39 is 15.9 Å². The van der Waals surface area contributed by atoms with Crippen LogP contribution in [0.4, 0.5) is 5.69 Å². The zero-order valence-electron chi connectivity index (χ0n) is 21.7. The van der Waals surface area contributed by atoms with Crippen molar-refractivity contribution in [2.24, 2.45) is 0 Å². The molecule has 2 N–H and O–H groups in total. The quantitative estimate of drug-likeness (QED) is 0.359. The Bertz CT molecular complexity index is 1320. The lowest BCUT2D eigenvalue weighted by Gasteiger charge is -2.34. The second kappa shape index (κ2) is 14.0. The first-order valence-corrected chi connectivity index (χ1v) is 14.1. The van der Waals surface area contributed by atoms with Crippen LogP contribution in [0.25, 0.3) is 0 Å². The van der Waals surface area contributed by atoms with Gasteiger partial charge in [0.25, 0.3) is 15.9 Å². The summed E-state index contributed by atoms with van der Waals surface area (Å²) < 4.78 is 27.9. The van der Waals surface area contributed by atoms with Crippen LogP contribution >= 0.6 is 12.4 Å². The molecule has 0 spiro atoms. The Hall–Kier alpha value is -3.60. The fourth-order valence-corrected chi connectivity index (χ4v) is 5.61. The Labute approximate surface area is 235 Å². The highest BCUT2D eigenvalue weighted by atomic mass is 35.5. The molecular weight excluding hydrogens is 540 g/mol. The number of carbonyl (C=O) groups excluding carboxylic acids is 2. The van der Waals surface area contributed by atoms with Gasteiger partial charge >= 0.3 is 0 Å². The lowest BCUT2D eigenvalue weighted by atomic mass is 10.0. The minimum Gasteiger partial charge on any atom is -0.364 e. The largest absolute Gasteiger partial charge is 0.364 e. The number of nitrogens with zero attached hydrogens (tertiary/aromatic N) is 2. The van der Waals surface area contributed by atoms with Gasteiger partial charge in [-0.3, -0.25) is 9.59 Å². The number of halogens is 1. The Morgan fingerprint density at radius 1 is 0.923 bits per heavy atom. The lowest BCUT2D eigenvalue weighted by molar-refractivity contribution is -0.132. The third-order valence-electron chi connectivity index (χ3n) is 6.34. The van der Waals surface area contributed by atoms with Gasteiger partial charge in [0.1, 0.15) is 0 Å². The average molecular weight is 573 g/mol. The Morgan fingerprint density at radius 2 is 1.51 bits per heavy atom. The summed E-state index contributed by atoms with van der Waals surface area (Å²) in [5.74, 6) is -0.237. The van der Waals surface area contributed by atoms with Crippen molar-refractivity contribution in [1.82, 2.24) is 15.5 Å². The fourth-order valence-electron chi connectivity index (χ4n) is 4.36. The van der Waals surface area contributed by atoms with Crippen LogP contribution in [-0.2, 0) is 14.8 Å². The van der Waals surface area contributed by atoms with Crippen molar-refractivity contribution in [1.29, 1.82) is 0 Å². The number of sulfonamides is 1. The number of hydrogen-bond acceptors (Lipinski definition) is 6. The molecular formula is C28H33ClN4O5S. The van der Waals surface area contributed by atoms with Gasteiger partial charge in [-0.1, -0.05) is 40.9 Å². The summed E-state index contributed by atoms with van der Waals surface area (Å²) in [5, 5.41) is 5.95. The highest BCUT2D eigenvalue weighted by Crippen LogP contribution is 2.26. The van der Waals surface area contributed by atoms with Crippen molar-refractivity contribution in [2.45, 2.75) is 30.7 Å². The maximum absolute atomic E-state index is 13.5. The SMILES string of the molecule is CCN(C(=O)CNC(=O)c1ccc(S(=O)(=O)N(Oc2ccccc2)c2ccccc2)cc1)C1CCNCC1.Cl. The van der Waals surface area contributed by atoms with Gasteiger partial charge in [0.05, 0.1) is 17.1 Å². The Kier molecular flexibility index (Phi) is 10.7. The molecule has 11 heteroatoms. The van der Waals surface area contributed by atoms with Crippen molar-refractivity contribution >= 4 is 39.9 Å². The van der Waals surface area contributed by atoms with Crippen LogP contribution < -0.4 is 19.9 Å². The topological polar surface area (TPSA) is 108 Å². The molecule has 0 saturated carbocycles. The van der Waals surface area contributed by atoms with Gasteiger partial charge in [-0.2, -0.15) is 8.42 Å². The fraction of sp³-hybridized carbons (Fsp3) is 0.286. The molecule has 9 nitrogen and oxygen atoms in total. The van der Waals surface area contributed by atoms with E-state index in [9.17, 15) is 18.0 Å². The summed E-state index contributed by atoms with van der Waals surface area (Å²) >= 11 is 0. The van der Waals surface area contributed by atoms with E-state index in [-0.39, 0.29) is 41.4 Å². The van der Waals surface area contributed by atoms with Crippen LogP contribution in [0.2, 0.25) is 0 Å². The maximum Gasteiger partial charge on any atom is 0.295 e. The number of amides is 2. The molecule has 1 aliphatic rings. The van der Waals surface area contributed by atoms with Gasteiger partial charge in [0.2, 0.25) is 5.91 Å². The zero-order valence-corrected chi connectivity index (χ0v) is 23.3. The summed E-state index contributed by atoms with van der Waals surface area (Å²) in [4.78, 5) is 33.0. The third kappa shape index (κ3) is 7.50. The van der Waals surface area contributed by atoms with Crippen LogP contribution in [-0.4, -0.2) is 57.4 Å². The first-order valence-electron chi connectivity index (χ1n) is 12.6. The van der Waals surface area contributed by atoms with E-state index in [0.717, 1.165) is 30.4 Å². The summed E-state index contributed by atoms with van der Waals surface area (Å²) in [5.41, 5.74) is 0.572. The van der Waals surface area contributed by atoms with E-state index in [2.05, 4.69) is 10.6 Å². The van der Waals surface area contributed by atoms with Crippen LogP contribution in [0.5, 0.6) is 5.75 Å². The highest BCUT2D eigenvalue weighted by molar-refractivity contribution is 7.92. The number of likely N-dealkylation sites (N-methyl/N-ethyl adjacent to an activating group) is 1. The van der Waals surface area contributed by atoms with Crippen LogP contribution in [0.1, 0.15) is 30.1 Å². The summed E-state index contributed by atoms with van der Waals surface area (Å²) in [6.45, 7) is 4.13. The van der Waals surface area contributed by atoms with E-state index in [1.165, 1.54) is 24.3 Å². The average Bonchev–Trinajstić information content (AvgIpc) is 2.96. The van der Waals surface area contributed by atoms with Gasteiger partial charge < -0.3 is 20.4 Å². The molecule has 4 rings (SSSR count). The number of piperidine rings is 1. The molecule has 0 bridgehead atoms. The second-order valence-corrected chi connectivity index (χ2v) is 10.6. The van der Waals surface area contributed by atoms with Crippen LogP contribution in [0.15, 0.2) is 89.8 Å². The number of carbonyl (C=O) groups is 2. The first-order chi connectivity index (χ1) is 18.4. The molecule has 0 atom stereocenters. The molecule has 3 aromatic carbocycles. The van der Waals surface area contributed by atoms with Crippen molar-refractivity contribution in [3.63, 3.8) is 0 Å². The molecule has 1 saturated heterocycles. The summed E-state index contributed by atoms with van der Waals surface area (Å²) in [7, 11) is -4.13. The molecule has 2 amide bonds. The molecule has 3 aromatic rings. The lowest BCUT2D eigenvalue weighted by Crippen LogP contribution is -2.49. The molecule has 1 heterocycles. The number of anilines is 1. The summed E-state index contributed by atoms with van der Waals surface area (Å²) in [6.07, 6.45) is 1.77. The number of benzene rings is 3. The van der Waals surface area contributed by atoms with Crippen molar-refractivity contribution in [2.75, 3.05) is 30.6 Å². The van der Waals surface area contributed by atoms with Gasteiger partial charge in [-0.15, -0.1) is 12.4 Å². The van der Waals surface area contributed by atoms with Gasteiger partial charge in [-0.05, 0) is 81.4 Å². The van der Waals surface area contributed by atoms with Crippen LogP contribution in [0, 0.1) is 0 Å². The van der Waals surface area contributed by atoms with Crippen LogP contribution in [0.3, 0.4) is 0 Å². The monoisotopic (exact) mass is 572 g/mol. The van der Waals surface area contributed by atoms with Gasteiger partial charge in [-0.25, -0.2) is 0 Å². The Balaban J connectivity index is 0.00000420. The molecule has 39 heavy (non-hydrogen) atoms. The number of rotatable bonds is 10. The Morgan fingerprint density at radius 3 is 2.10 bits per heavy atom. The minimum atomic E-state index is -4.13. The molecule has 0 aliphatic carbocycles.